The van der Waals surface area contributed by atoms with Crippen LogP contribution in [0.15, 0.2) is 9.98 Å². The predicted octanol–water partition coefficient (Wildman–Crippen LogP) is 2.19. The standard InChI is InChI=1S/C9H18N2/c1-6-9(2,3)8(11-5)7-10-4/h7H,6H2,1-5H3. The molecule has 0 fully saturated rings. The van der Waals surface area contributed by atoms with Crippen LogP contribution in [-0.2, 0) is 0 Å². The lowest BCUT2D eigenvalue weighted by Crippen LogP contribution is -2.24. The molecular formula is C9H18N2. The van der Waals surface area contributed by atoms with Crippen molar-refractivity contribution in [1.29, 1.82) is 0 Å². The van der Waals surface area contributed by atoms with Crippen molar-refractivity contribution < 1.29 is 0 Å². The molecule has 2 nitrogen and oxygen atoms in total. The quantitative estimate of drug-likeness (QED) is 0.557. The van der Waals surface area contributed by atoms with Gasteiger partial charge in [-0.2, -0.15) is 0 Å². The van der Waals surface area contributed by atoms with Crippen molar-refractivity contribution in [3.8, 4) is 0 Å². The van der Waals surface area contributed by atoms with Gasteiger partial charge in [-0.1, -0.05) is 20.8 Å². The highest BCUT2D eigenvalue weighted by atomic mass is 14.7. The van der Waals surface area contributed by atoms with E-state index < -0.39 is 0 Å². The molecule has 0 aliphatic carbocycles. The number of hydrogen-bond donors (Lipinski definition) is 0. The normalized spacial score (nSPS) is 14.5. The van der Waals surface area contributed by atoms with Crippen molar-refractivity contribution in [3.63, 3.8) is 0 Å². The molecule has 0 saturated heterocycles. The van der Waals surface area contributed by atoms with E-state index in [-0.39, 0.29) is 5.41 Å². The summed E-state index contributed by atoms with van der Waals surface area (Å²) in [5.74, 6) is 0. The van der Waals surface area contributed by atoms with E-state index in [0.29, 0.717) is 0 Å². The third-order valence-electron chi connectivity index (χ3n) is 2.07. The lowest BCUT2D eigenvalue weighted by molar-refractivity contribution is 0.508. The van der Waals surface area contributed by atoms with Crippen LogP contribution >= 0.6 is 0 Å². The minimum absolute atomic E-state index is 0.161. The molecule has 0 rings (SSSR count). The van der Waals surface area contributed by atoms with Gasteiger partial charge in [-0.25, -0.2) is 0 Å². The first kappa shape index (κ1) is 10.3. The number of nitrogens with zero attached hydrogens (tertiary/aromatic N) is 2. The molecule has 11 heavy (non-hydrogen) atoms. The Hall–Kier alpha value is -0.660. The fourth-order valence-corrected chi connectivity index (χ4v) is 0.839. The summed E-state index contributed by atoms with van der Waals surface area (Å²) in [7, 11) is 3.59. The van der Waals surface area contributed by atoms with Gasteiger partial charge < -0.3 is 0 Å². The van der Waals surface area contributed by atoms with Crippen LogP contribution in [0.2, 0.25) is 0 Å². The lowest BCUT2D eigenvalue weighted by atomic mass is 9.85. The average molecular weight is 154 g/mol. The predicted molar refractivity (Wildman–Crippen MR) is 51.8 cm³/mol. The summed E-state index contributed by atoms with van der Waals surface area (Å²) in [5, 5.41) is 0. The number of rotatable bonds is 3. The monoisotopic (exact) mass is 154 g/mol. The Morgan fingerprint density at radius 1 is 1.36 bits per heavy atom. The van der Waals surface area contributed by atoms with Crippen LogP contribution < -0.4 is 0 Å². The second-order valence-electron chi connectivity index (χ2n) is 3.23. The topological polar surface area (TPSA) is 24.7 Å². The van der Waals surface area contributed by atoms with Crippen molar-refractivity contribution in [2.45, 2.75) is 27.2 Å². The fourth-order valence-electron chi connectivity index (χ4n) is 0.839. The molecule has 0 atom stereocenters. The van der Waals surface area contributed by atoms with E-state index in [9.17, 15) is 0 Å². The first-order valence-corrected chi connectivity index (χ1v) is 3.98. The zero-order valence-electron chi connectivity index (χ0n) is 8.18. The van der Waals surface area contributed by atoms with Gasteiger partial charge in [-0.05, 0) is 6.42 Å². The molecule has 0 aliphatic heterocycles. The Morgan fingerprint density at radius 3 is 2.18 bits per heavy atom. The summed E-state index contributed by atoms with van der Waals surface area (Å²) in [6.07, 6.45) is 2.93. The second kappa shape index (κ2) is 4.27. The molecule has 0 aliphatic rings. The molecule has 2 heteroatoms. The fraction of sp³-hybridized carbons (Fsp3) is 0.778. The van der Waals surface area contributed by atoms with Crippen LogP contribution in [0.5, 0.6) is 0 Å². The van der Waals surface area contributed by atoms with E-state index in [2.05, 4.69) is 30.8 Å². The molecule has 0 unspecified atom stereocenters. The first-order chi connectivity index (χ1) is 5.08. The number of aliphatic imine (C=N–C) groups is 2. The molecule has 0 heterocycles. The highest BCUT2D eigenvalue weighted by molar-refractivity contribution is 6.32. The molecule has 0 amide bonds. The van der Waals surface area contributed by atoms with Crippen molar-refractivity contribution in [2.75, 3.05) is 14.1 Å². The molecule has 0 spiro atoms. The summed E-state index contributed by atoms with van der Waals surface area (Å²) in [5.41, 5.74) is 1.23. The Morgan fingerprint density at radius 2 is 1.91 bits per heavy atom. The summed E-state index contributed by atoms with van der Waals surface area (Å²) in [6, 6.07) is 0. The lowest BCUT2D eigenvalue weighted by Gasteiger charge is -2.21. The molecule has 0 aromatic rings. The van der Waals surface area contributed by atoms with Crippen molar-refractivity contribution in [1.82, 2.24) is 0 Å². The average Bonchev–Trinajstić information content (AvgIpc) is 2.00. The van der Waals surface area contributed by atoms with E-state index >= 15 is 0 Å². The van der Waals surface area contributed by atoms with Crippen LogP contribution in [0, 0.1) is 5.41 Å². The molecular weight excluding hydrogens is 136 g/mol. The zero-order chi connectivity index (χ0) is 8.91. The van der Waals surface area contributed by atoms with Crippen molar-refractivity contribution in [3.05, 3.63) is 0 Å². The van der Waals surface area contributed by atoms with Crippen LogP contribution in [0.25, 0.3) is 0 Å². The van der Waals surface area contributed by atoms with Gasteiger partial charge in [0.15, 0.2) is 0 Å². The van der Waals surface area contributed by atoms with E-state index in [1.807, 2.05) is 13.3 Å². The molecule has 0 saturated carbocycles. The van der Waals surface area contributed by atoms with Crippen LogP contribution in [0.4, 0.5) is 0 Å². The van der Waals surface area contributed by atoms with Crippen LogP contribution in [-0.4, -0.2) is 26.0 Å². The highest BCUT2D eigenvalue weighted by Crippen LogP contribution is 2.20. The maximum Gasteiger partial charge on any atom is 0.0578 e. The minimum Gasteiger partial charge on any atom is -0.295 e. The summed E-state index contributed by atoms with van der Waals surface area (Å²) >= 11 is 0. The third kappa shape index (κ3) is 2.83. The van der Waals surface area contributed by atoms with Gasteiger partial charge in [0.05, 0.1) is 5.71 Å². The Kier molecular flexibility index (Phi) is 4.01. The summed E-state index contributed by atoms with van der Waals surface area (Å²) in [6.45, 7) is 6.52. The van der Waals surface area contributed by atoms with E-state index in [4.69, 9.17) is 0 Å². The van der Waals surface area contributed by atoms with E-state index in [1.54, 1.807) is 7.05 Å². The maximum atomic E-state index is 4.19. The number of hydrogen-bond acceptors (Lipinski definition) is 2. The Labute approximate surface area is 69.4 Å². The minimum atomic E-state index is 0.161. The second-order valence-corrected chi connectivity index (χ2v) is 3.23. The molecule has 0 bridgehead atoms. The Balaban J connectivity index is 4.51. The van der Waals surface area contributed by atoms with Crippen LogP contribution in [0.3, 0.4) is 0 Å². The van der Waals surface area contributed by atoms with Gasteiger partial charge in [0.1, 0.15) is 0 Å². The molecule has 0 aromatic heterocycles. The molecule has 0 radical (unpaired) electrons. The smallest absolute Gasteiger partial charge is 0.0578 e. The van der Waals surface area contributed by atoms with Gasteiger partial charge in [0.2, 0.25) is 0 Å². The van der Waals surface area contributed by atoms with Gasteiger partial charge in [0, 0.05) is 25.7 Å². The Bertz CT molecular complexity index is 166. The first-order valence-electron chi connectivity index (χ1n) is 3.98. The van der Waals surface area contributed by atoms with E-state index in [1.165, 1.54) is 0 Å². The molecule has 0 N–H and O–H groups in total. The third-order valence-corrected chi connectivity index (χ3v) is 2.07. The largest absolute Gasteiger partial charge is 0.295 e. The van der Waals surface area contributed by atoms with Crippen molar-refractivity contribution in [2.24, 2.45) is 15.4 Å². The van der Waals surface area contributed by atoms with Gasteiger partial charge in [-0.3, -0.25) is 9.98 Å². The van der Waals surface area contributed by atoms with Crippen molar-refractivity contribution >= 4 is 11.9 Å². The summed E-state index contributed by atoms with van der Waals surface area (Å²) < 4.78 is 0. The van der Waals surface area contributed by atoms with E-state index in [0.717, 1.165) is 12.1 Å². The zero-order valence-corrected chi connectivity index (χ0v) is 8.18. The molecule has 64 valence electrons. The summed E-state index contributed by atoms with van der Waals surface area (Å²) in [4.78, 5) is 8.15. The van der Waals surface area contributed by atoms with Gasteiger partial charge >= 0.3 is 0 Å². The molecule has 0 aromatic carbocycles. The van der Waals surface area contributed by atoms with Gasteiger partial charge in [0.25, 0.3) is 0 Å². The van der Waals surface area contributed by atoms with Gasteiger partial charge in [-0.15, -0.1) is 0 Å². The van der Waals surface area contributed by atoms with Crippen LogP contribution in [0.1, 0.15) is 27.2 Å². The maximum absolute atomic E-state index is 4.19. The highest BCUT2D eigenvalue weighted by Gasteiger charge is 2.20. The SMILES string of the molecule is CCC(C)(C)C(C=NC)=NC.